The second-order valence-corrected chi connectivity index (χ2v) is 18.3. The summed E-state index contributed by atoms with van der Waals surface area (Å²) >= 11 is 0. The molecule has 1 aliphatic heterocycles. The smallest absolute Gasteiger partial charge is 0.176 e. The zero-order chi connectivity index (χ0) is 42.1. The topological polar surface area (TPSA) is 181 Å². The zero-order valence-electron chi connectivity index (χ0n) is 38.1. The molecule has 0 aromatic rings. The van der Waals surface area contributed by atoms with Gasteiger partial charge in [0.1, 0.15) is 36.6 Å². The van der Waals surface area contributed by atoms with Gasteiger partial charge in [-0.05, 0) is 19.3 Å². The van der Waals surface area contributed by atoms with Crippen molar-refractivity contribution in [1.82, 2.24) is 0 Å². The van der Waals surface area contributed by atoms with E-state index in [9.17, 15) is 10.2 Å². The SMILES string of the molecule is CCCCCCCCCCCCCCCCCCO[C@@H]1[C@@H](N)[C@@H](O[C@H]2[C@H](O)[C@@H](OCCCCCCCCCCCCCCCCCC)[C@H](N)C[C@@H]2N)O[C@H](CN)[C@H]1O. The lowest BCUT2D eigenvalue weighted by Gasteiger charge is -2.47. The van der Waals surface area contributed by atoms with Crippen molar-refractivity contribution in [2.45, 2.75) is 287 Å². The van der Waals surface area contributed by atoms with Crippen molar-refractivity contribution in [2.75, 3.05) is 19.8 Å². The summed E-state index contributed by atoms with van der Waals surface area (Å²) in [4.78, 5) is 0. The third kappa shape index (κ3) is 23.7. The standard InChI is InChI=1S/C48H98N4O6/c1-3-5-7-9-11-13-15-17-19-21-23-25-27-29-31-33-35-55-45-39(50)37-40(51)46(44(45)54)58-48-42(52)47(43(53)41(38-49)57-48)56-36-34-32-30-28-26-24-22-20-18-16-14-12-10-8-6-4-2/h39-48,53-54H,3-38,49-52H2,1-2H3/t39-,40+,41-,42-,43-,44-,45+,46-,47-,48-/m1/s1. The van der Waals surface area contributed by atoms with Gasteiger partial charge in [-0.3, -0.25) is 0 Å². The molecule has 58 heavy (non-hydrogen) atoms. The summed E-state index contributed by atoms with van der Waals surface area (Å²) in [5.74, 6) is 0. The fourth-order valence-electron chi connectivity index (χ4n) is 9.04. The van der Waals surface area contributed by atoms with Crippen LogP contribution < -0.4 is 22.9 Å². The first kappa shape index (κ1) is 53.7. The number of hydrogen-bond donors (Lipinski definition) is 6. The molecule has 10 atom stereocenters. The molecule has 1 saturated heterocycles. The lowest BCUT2D eigenvalue weighted by molar-refractivity contribution is -0.294. The highest BCUT2D eigenvalue weighted by Crippen LogP contribution is 2.30. The maximum absolute atomic E-state index is 11.4. The summed E-state index contributed by atoms with van der Waals surface area (Å²) < 4.78 is 24.7. The largest absolute Gasteiger partial charge is 0.388 e. The minimum Gasteiger partial charge on any atom is -0.388 e. The van der Waals surface area contributed by atoms with Crippen LogP contribution in [0.5, 0.6) is 0 Å². The summed E-state index contributed by atoms with van der Waals surface area (Å²) in [6.45, 7) is 5.67. The number of unbranched alkanes of at least 4 members (excludes halogenated alkanes) is 30. The van der Waals surface area contributed by atoms with E-state index in [1.165, 1.54) is 180 Å². The molecule has 10 heteroatoms. The highest BCUT2D eigenvalue weighted by molar-refractivity contribution is 5.00. The average molecular weight is 827 g/mol. The molecule has 0 spiro atoms. The van der Waals surface area contributed by atoms with Gasteiger partial charge in [0.2, 0.25) is 0 Å². The predicted molar refractivity (Wildman–Crippen MR) is 242 cm³/mol. The van der Waals surface area contributed by atoms with E-state index in [2.05, 4.69) is 13.8 Å². The number of hydrogen-bond acceptors (Lipinski definition) is 10. The van der Waals surface area contributed by atoms with Crippen molar-refractivity contribution >= 4 is 0 Å². The van der Waals surface area contributed by atoms with Gasteiger partial charge in [0.25, 0.3) is 0 Å². The molecule has 2 fully saturated rings. The number of aliphatic hydroxyl groups excluding tert-OH is 2. The number of aliphatic hydroxyl groups is 2. The molecule has 10 N–H and O–H groups in total. The van der Waals surface area contributed by atoms with Gasteiger partial charge in [-0.2, -0.15) is 0 Å². The molecule has 0 radical (unpaired) electrons. The van der Waals surface area contributed by atoms with Crippen LogP contribution in [-0.4, -0.2) is 91.0 Å². The Hall–Kier alpha value is -0.400. The van der Waals surface area contributed by atoms with Gasteiger partial charge in [-0.25, -0.2) is 0 Å². The van der Waals surface area contributed by atoms with Crippen molar-refractivity contribution in [1.29, 1.82) is 0 Å². The van der Waals surface area contributed by atoms with E-state index >= 15 is 0 Å². The van der Waals surface area contributed by atoms with E-state index in [0.717, 1.165) is 25.7 Å². The Morgan fingerprint density at radius 3 is 1.14 bits per heavy atom. The third-order valence-corrected chi connectivity index (χ3v) is 12.9. The summed E-state index contributed by atoms with van der Waals surface area (Å²) in [6, 6.07) is -1.71. The van der Waals surface area contributed by atoms with Gasteiger partial charge >= 0.3 is 0 Å². The average Bonchev–Trinajstić information content (AvgIpc) is 3.21. The third-order valence-electron chi connectivity index (χ3n) is 12.9. The van der Waals surface area contributed by atoms with E-state index in [4.69, 9.17) is 41.9 Å². The number of ether oxygens (including phenoxy) is 4. The second-order valence-electron chi connectivity index (χ2n) is 18.3. The molecule has 1 heterocycles. The van der Waals surface area contributed by atoms with Gasteiger partial charge < -0.3 is 52.1 Å². The Kier molecular flexibility index (Phi) is 33.5. The quantitative estimate of drug-likeness (QED) is 0.0327. The van der Waals surface area contributed by atoms with Crippen LogP contribution in [-0.2, 0) is 18.9 Å². The van der Waals surface area contributed by atoms with Crippen molar-refractivity contribution < 1.29 is 29.2 Å². The maximum atomic E-state index is 11.4. The van der Waals surface area contributed by atoms with Crippen LogP contribution in [0, 0.1) is 0 Å². The van der Waals surface area contributed by atoms with E-state index < -0.39 is 61.0 Å². The van der Waals surface area contributed by atoms with Gasteiger partial charge in [0.15, 0.2) is 6.29 Å². The molecule has 2 rings (SSSR count). The lowest BCUT2D eigenvalue weighted by atomic mass is 9.84. The predicted octanol–water partition coefficient (Wildman–Crippen LogP) is 9.46. The van der Waals surface area contributed by atoms with Gasteiger partial charge in [0, 0.05) is 31.8 Å². The lowest BCUT2D eigenvalue weighted by Crippen LogP contribution is -2.68. The molecule has 0 bridgehead atoms. The molecule has 10 nitrogen and oxygen atoms in total. The Morgan fingerprint density at radius 2 is 0.776 bits per heavy atom. The van der Waals surface area contributed by atoms with Crippen LogP contribution in [0.4, 0.5) is 0 Å². The maximum Gasteiger partial charge on any atom is 0.176 e. The van der Waals surface area contributed by atoms with E-state index in [1.54, 1.807) is 0 Å². The van der Waals surface area contributed by atoms with Crippen LogP contribution in [0.3, 0.4) is 0 Å². The molecule has 2 aliphatic rings. The second kappa shape index (κ2) is 36.1. The molecular formula is C48H98N4O6. The first-order chi connectivity index (χ1) is 28.3. The highest BCUT2D eigenvalue weighted by Gasteiger charge is 2.49. The van der Waals surface area contributed by atoms with Crippen LogP contribution >= 0.6 is 0 Å². The fraction of sp³-hybridized carbons (Fsp3) is 1.00. The van der Waals surface area contributed by atoms with Crippen molar-refractivity contribution in [3.63, 3.8) is 0 Å². The Balaban J connectivity index is 1.60. The van der Waals surface area contributed by atoms with Crippen LogP contribution in [0.15, 0.2) is 0 Å². The summed E-state index contributed by atoms with van der Waals surface area (Å²) in [5.41, 5.74) is 25.6. The minimum absolute atomic E-state index is 0.0852. The molecule has 1 saturated carbocycles. The summed E-state index contributed by atoms with van der Waals surface area (Å²) in [7, 11) is 0. The van der Waals surface area contributed by atoms with Gasteiger partial charge in [0.05, 0.1) is 6.04 Å². The van der Waals surface area contributed by atoms with E-state index in [-0.39, 0.29) is 6.54 Å². The monoisotopic (exact) mass is 827 g/mol. The molecule has 1 aliphatic carbocycles. The van der Waals surface area contributed by atoms with E-state index in [0.29, 0.717) is 19.6 Å². The number of nitrogens with two attached hydrogens (primary N) is 4. The fourth-order valence-corrected chi connectivity index (χ4v) is 9.04. The first-order valence-corrected chi connectivity index (χ1v) is 25.2. The molecule has 0 aromatic heterocycles. The van der Waals surface area contributed by atoms with Crippen molar-refractivity contribution in [3.8, 4) is 0 Å². The summed E-state index contributed by atoms with van der Waals surface area (Å²) in [6.07, 6.45) is 36.6. The molecule has 0 unspecified atom stereocenters. The number of rotatable bonds is 39. The van der Waals surface area contributed by atoms with Crippen LogP contribution in [0.25, 0.3) is 0 Å². The van der Waals surface area contributed by atoms with E-state index in [1.807, 2.05) is 0 Å². The molecule has 0 aromatic carbocycles. The molecule has 346 valence electrons. The normalized spacial score (nSPS) is 27.7. The van der Waals surface area contributed by atoms with Crippen LogP contribution in [0.1, 0.15) is 226 Å². The molecular weight excluding hydrogens is 729 g/mol. The van der Waals surface area contributed by atoms with Crippen molar-refractivity contribution in [2.24, 2.45) is 22.9 Å². The molecule has 0 amide bonds. The first-order valence-electron chi connectivity index (χ1n) is 25.2. The van der Waals surface area contributed by atoms with Gasteiger partial charge in [-0.15, -0.1) is 0 Å². The van der Waals surface area contributed by atoms with Crippen LogP contribution in [0.2, 0.25) is 0 Å². The minimum atomic E-state index is -1.04. The zero-order valence-corrected chi connectivity index (χ0v) is 38.1. The summed E-state index contributed by atoms with van der Waals surface area (Å²) in [5, 5.41) is 22.5. The van der Waals surface area contributed by atoms with Crippen molar-refractivity contribution in [3.05, 3.63) is 0 Å². The Labute approximate surface area is 357 Å². The Bertz CT molecular complexity index is 906. The Morgan fingerprint density at radius 1 is 0.448 bits per heavy atom. The highest BCUT2D eigenvalue weighted by atomic mass is 16.7. The van der Waals surface area contributed by atoms with Gasteiger partial charge in [-0.1, -0.05) is 206 Å².